The Morgan fingerprint density at radius 2 is 1.67 bits per heavy atom. The smallest absolute Gasteiger partial charge is 0.328 e. The van der Waals surface area contributed by atoms with Crippen molar-refractivity contribution in [2.75, 3.05) is 29.9 Å². The molecule has 0 spiro atoms. The summed E-state index contributed by atoms with van der Waals surface area (Å²) in [6.45, 7) is 8.92. The van der Waals surface area contributed by atoms with Gasteiger partial charge in [-0.2, -0.15) is 0 Å². The number of carboxylic acids is 2. The SMILES string of the molecule is CC(C)[C@H](C[C@H](O)[C@@H](N)CN1CC(=O)N(c2ccccc2Cl)CC1(C)C)C(=O)Nc1ccncc1.O=C(O)/C=C/C(=O)O. The molecular formula is C30H40ClN5O7. The normalized spacial score (nSPS) is 17.1. The lowest BCUT2D eigenvalue weighted by Gasteiger charge is -2.47. The van der Waals surface area contributed by atoms with E-state index in [0.717, 1.165) is 0 Å². The number of aliphatic hydroxyl groups excluding tert-OH is 1. The van der Waals surface area contributed by atoms with E-state index in [2.05, 4.69) is 10.3 Å². The van der Waals surface area contributed by atoms with Crippen LogP contribution in [0.5, 0.6) is 0 Å². The van der Waals surface area contributed by atoms with E-state index in [-0.39, 0.29) is 36.2 Å². The van der Waals surface area contributed by atoms with Crippen LogP contribution >= 0.6 is 11.6 Å². The number of rotatable bonds is 11. The van der Waals surface area contributed by atoms with Crippen LogP contribution in [-0.2, 0) is 19.2 Å². The average molecular weight is 618 g/mol. The first kappa shape index (κ1) is 35.4. The number of carboxylic acid groups (broad SMARTS) is 2. The zero-order valence-corrected chi connectivity index (χ0v) is 25.4. The molecule has 0 aliphatic carbocycles. The van der Waals surface area contributed by atoms with Crippen LogP contribution in [0.1, 0.15) is 34.1 Å². The van der Waals surface area contributed by atoms with Gasteiger partial charge in [0.2, 0.25) is 11.8 Å². The number of benzene rings is 1. The fourth-order valence-electron chi connectivity index (χ4n) is 4.55. The standard InChI is InChI=1S/C26H36ClN5O3.C4H4O4/c1-17(2)19(25(35)30-18-9-11-29-12-10-18)13-23(33)21(28)14-31-15-24(34)32(16-26(31,3)4)22-8-6-5-7-20(22)27;5-3(6)1-2-4(7)8/h5-12,17,19,21,23,33H,13-16,28H2,1-4H3,(H,29,30,35);1-2H,(H,5,6)(H,7,8)/b;2-1+/t19-,21-,23-;/m0./s1. The quantitative estimate of drug-likeness (QED) is 0.235. The molecule has 1 aliphatic rings. The van der Waals surface area contributed by atoms with Crippen molar-refractivity contribution in [1.82, 2.24) is 9.88 Å². The summed E-state index contributed by atoms with van der Waals surface area (Å²) in [5.41, 5.74) is 7.37. The minimum atomic E-state index is -1.26. The summed E-state index contributed by atoms with van der Waals surface area (Å²) in [5.74, 6) is -3.16. The number of nitrogens with one attached hydrogen (secondary N) is 1. The van der Waals surface area contributed by atoms with Gasteiger partial charge in [0, 0.05) is 60.8 Å². The predicted molar refractivity (Wildman–Crippen MR) is 164 cm³/mol. The van der Waals surface area contributed by atoms with E-state index in [9.17, 15) is 24.3 Å². The Hall–Kier alpha value is -3.84. The summed E-state index contributed by atoms with van der Waals surface area (Å²) < 4.78 is 0. The van der Waals surface area contributed by atoms with E-state index in [1.54, 1.807) is 35.5 Å². The topological polar surface area (TPSA) is 186 Å². The first-order valence-electron chi connectivity index (χ1n) is 13.7. The van der Waals surface area contributed by atoms with Gasteiger partial charge in [0.1, 0.15) is 0 Å². The molecule has 3 rings (SSSR count). The third-order valence-corrected chi connectivity index (χ3v) is 7.37. The number of pyridine rings is 1. The van der Waals surface area contributed by atoms with Gasteiger partial charge in [-0.25, -0.2) is 9.59 Å². The van der Waals surface area contributed by atoms with Gasteiger partial charge in [-0.1, -0.05) is 37.6 Å². The van der Waals surface area contributed by atoms with Crippen molar-refractivity contribution in [2.45, 2.75) is 51.8 Å². The second kappa shape index (κ2) is 16.1. The number of hydrogen-bond donors (Lipinski definition) is 5. The summed E-state index contributed by atoms with van der Waals surface area (Å²) in [5, 5.41) is 30.0. The molecule has 3 atom stereocenters. The van der Waals surface area contributed by atoms with Crippen molar-refractivity contribution in [3.05, 3.63) is 66.0 Å². The molecule has 0 unspecified atom stereocenters. The molecule has 1 aromatic carbocycles. The highest BCUT2D eigenvalue weighted by molar-refractivity contribution is 6.33. The molecule has 13 heteroatoms. The second-order valence-electron chi connectivity index (χ2n) is 11.2. The molecule has 6 N–H and O–H groups in total. The molecule has 1 aliphatic heterocycles. The number of carbonyl (C=O) groups is 4. The maximum absolute atomic E-state index is 13.0. The number of halogens is 1. The Balaban J connectivity index is 0.000000708. The number of nitrogens with two attached hydrogens (primary N) is 1. The minimum Gasteiger partial charge on any atom is -0.478 e. The molecule has 2 aromatic rings. The van der Waals surface area contributed by atoms with Crippen molar-refractivity contribution in [3.8, 4) is 0 Å². The van der Waals surface area contributed by atoms with Gasteiger partial charge in [0.15, 0.2) is 0 Å². The number of para-hydroxylation sites is 1. The van der Waals surface area contributed by atoms with E-state index in [1.165, 1.54) is 0 Å². The van der Waals surface area contributed by atoms with Gasteiger partial charge < -0.3 is 31.3 Å². The van der Waals surface area contributed by atoms with Crippen molar-refractivity contribution < 1.29 is 34.5 Å². The highest BCUT2D eigenvalue weighted by Gasteiger charge is 2.40. The number of aliphatic hydroxyl groups is 1. The number of aromatic nitrogens is 1. The molecule has 0 saturated carbocycles. The van der Waals surface area contributed by atoms with Gasteiger partial charge >= 0.3 is 11.9 Å². The summed E-state index contributed by atoms with van der Waals surface area (Å²) >= 11 is 6.33. The Morgan fingerprint density at radius 1 is 1.09 bits per heavy atom. The van der Waals surface area contributed by atoms with Gasteiger partial charge in [0.25, 0.3) is 0 Å². The first-order chi connectivity index (χ1) is 20.1. The van der Waals surface area contributed by atoms with Crippen molar-refractivity contribution in [3.63, 3.8) is 0 Å². The van der Waals surface area contributed by atoms with Crippen LogP contribution in [0.4, 0.5) is 11.4 Å². The van der Waals surface area contributed by atoms with Crippen LogP contribution in [0.25, 0.3) is 0 Å². The van der Waals surface area contributed by atoms with Crippen LogP contribution in [0.2, 0.25) is 5.02 Å². The largest absolute Gasteiger partial charge is 0.478 e. The lowest BCUT2D eigenvalue weighted by atomic mass is 9.87. The van der Waals surface area contributed by atoms with E-state index in [0.29, 0.717) is 41.6 Å². The highest BCUT2D eigenvalue weighted by Crippen LogP contribution is 2.31. The van der Waals surface area contributed by atoms with E-state index >= 15 is 0 Å². The maximum atomic E-state index is 13.0. The van der Waals surface area contributed by atoms with Crippen molar-refractivity contribution in [2.24, 2.45) is 17.6 Å². The Morgan fingerprint density at radius 3 is 2.21 bits per heavy atom. The van der Waals surface area contributed by atoms with Crippen LogP contribution in [-0.4, -0.2) is 86.3 Å². The van der Waals surface area contributed by atoms with Crippen LogP contribution < -0.4 is 16.0 Å². The molecule has 0 bridgehead atoms. The van der Waals surface area contributed by atoms with Crippen molar-refractivity contribution in [1.29, 1.82) is 0 Å². The Labute approximate surface area is 256 Å². The summed E-state index contributed by atoms with van der Waals surface area (Å²) in [6.07, 6.45) is 3.66. The second-order valence-corrected chi connectivity index (χ2v) is 11.6. The average Bonchev–Trinajstić information content (AvgIpc) is 2.93. The molecular weight excluding hydrogens is 578 g/mol. The third-order valence-electron chi connectivity index (χ3n) is 7.05. The summed E-state index contributed by atoms with van der Waals surface area (Å²) in [6, 6.07) is 10.1. The monoisotopic (exact) mass is 617 g/mol. The predicted octanol–water partition coefficient (Wildman–Crippen LogP) is 2.86. The van der Waals surface area contributed by atoms with Crippen LogP contribution in [0, 0.1) is 11.8 Å². The highest BCUT2D eigenvalue weighted by atomic mass is 35.5. The zero-order chi connectivity index (χ0) is 32.3. The number of aliphatic carboxylic acids is 2. The van der Waals surface area contributed by atoms with E-state index in [4.69, 9.17) is 27.5 Å². The fraction of sp³-hybridized carbons (Fsp3) is 0.433. The maximum Gasteiger partial charge on any atom is 0.328 e. The molecule has 0 radical (unpaired) electrons. The molecule has 2 heterocycles. The zero-order valence-electron chi connectivity index (χ0n) is 24.7. The van der Waals surface area contributed by atoms with E-state index in [1.807, 2.05) is 50.8 Å². The first-order valence-corrected chi connectivity index (χ1v) is 14.1. The van der Waals surface area contributed by atoms with Gasteiger partial charge in [-0.05, 0) is 50.5 Å². The number of hydrogen-bond acceptors (Lipinski definition) is 8. The number of amides is 2. The van der Waals surface area contributed by atoms with Gasteiger partial charge in [0.05, 0.1) is 23.4 Å². The molecule has 12 nitrogen and oxygen atoms in total. The molecule has 1 aromatic heterocycles. The third kappa shape index (κ3) is 11.1. The molecule has 43 heavy (non-hydrogen) atoms. The fourth-order valence-corrected chi connectivity index (χ4v) is 4.78. The molecule has 2 amide bonds. The molecule has 1 fully saturated rings. The summed E-state index contributed by atoms with van der Waals surface area (Å²) in [7, 11) is 0. The lowest BCUT2D eigenvalue weighted by Crippen LogP contribution is -2.64. The summed E-state index contributed by atoms with van der Waals surface area (Å²) in [4.78, 5) is 52.7. The Kier molecular flexibility index (Phi) is 13.3. The number of carbonyl (C=O) groups excluding carboxylic acids is 2. The molecule has 234 valence electrons. The lowest BCUT2D eigenvalue weighted by molar-refractivity contribution is -0.134. The van der Waals surface area contributed by atoms with Gasteiger partial charge in [-0.3, -0.25) is 19.5 Å². The van der Waals surface area contributed by atoms with Crippen LogP contribution in [0.3, 0.4) is 0 Å². The Bertz CT molecular complexity index is 1270. The minimum absolute atomic E-state index is 0.0101. The number of anilines is 2. The van der Waals surface area contributed by atoms with Crippen molar-refractivity contribution >= 4 is 46.7 Å². The van der Waals surface area contributed by atoms with Crippen LogP contribution in [0.15, 0.2) is 60.9 Å². The number of nitrogens with zero attached hydrogens (tertiary/aromatic N) is 3. The molecule has 1 saturated heterocycles. The van der Waals surface area contributed by atoms with Gasteiger partial charge in [-0.15, -0.1) is 0 Å². The van der Waals surface area contributed by atoms with E-state index < -0.39 is 30.0 Å². The number of piperazine rings is 1.